The molecule has 156 valence electrons. The molecule has 2 amide bonds. The molecule has 2 aromatic carbocycles. The highest BCUT2D eigenvalue weighted by atomic mass is 35.5. The van der Waals surface area contributed by atoms with E-state index in [1.165, 1.54) is 30.4 Å². The predicted molar refractivity (Wildman–Crippen MR) is 113 cm³/mol. The first-order chi connectivity index (χ1) is 14.3. The summed E-state index contributed by atoms with van der Waals surface area (Å²) in [6.45, 7) is 1.18. The smallest absolute Gasteiger partial charge is 0.326 e. The van der Waals surface area contributed by atoms with Gasteiger partial charge in [-0.05, 0) is 30.7 Å². The zero-order chi connectivity index (χ0) is 21.7. The number of nitrogens with one attached hydrogen (secondary N) is 2. The number of esters is 1. The van der Waals surface area contributed by atoms with Gasteiger partial charge in [0.2, 0.25) is 0 Å². The minimum absolute atomic E-state index is 0.169. The van der Waals surface area contributed by atoms with Crippen molar-refractivity contribution < 1.29 is 23.5 Å². The van der Waals surface area contributed by atoms with Gasteiger partial charge in [0.1, 0.15) is 17.2 Å². The van der Waals surface area contributed by atoms with Crippen LogP contribution in [-0.4, -0.2) is 30.4 Å². The topological polar surface area (TPSA) is 84.5 Å². The maximum atomic E-state index is 12.9. The molecule has 1 aromatic heterocycles. The van der Waals surface area contributed by atoms with Crippen LogP contribution in [0.1, 0.15) is 22.2 Å². The Morgan fingerprint density at radius 1 is 1.10 bits per heavy atom. The standard InChI is InChI=1S/C21H18ClFN2O4S/c1-12(20(27)24-10-13-6-8-14(23)9-7-13)29-17(26)11-25-21(28)19-18(22)15-4-2-3-5-16(15)30-19/h2-9,12H,10-11H2,1H3,(H,24,27)(H,25,28). The second kappa shape index (κ2) is 9.69. The van der Waals surface area contributed by atoms with Crippen LogP contribution in [0.4, 0.5) is 4.39 Å². The van der Waals surface area contributed by atoms with Gasteiger partial charge in [-0.1, -0.05) is 41.9 Å². The van der Waals surface area contributed by atoms with Crippen LogP contribution in [0.3, 0.4) is 0 Å². The lowest BCUT2D eigenvalue weighted by atomic mass is 10.2. The summed E-state index contributed by atoms with van der Waals surface area (Å²) in [6.07, 6.45) is -1.05. The molecule has 1 heterocycles. The normalized spacial score (nSPS) is 11.7. The highest BCUT2D eigenvalue weighted by molar-refractivity contribution is 7.21. The van der Waals surface area contributed by atoms with E-state index in [4.69, 9.17) is 16.3 Å². The number of thiophene rings is 1. The van der Waals surface area contributed by atoms with Crippen LogP contribution < -0.4 is 10.6 Å². The van der Waals surface area contributed by atoms with Crippen molar-refractivity contribution in [1.29, 1.82) is 0 Å². The van der Waals surface area contributed by atoms with Crippen LogP contribution in [0.25, 0.3) is 10.1 Å². The van der Waals surface area contributed by atoms with Crippen LogP contribution in [0.2, 0.25) is 5.02 Å². The SMILES string of the molecule is CC(OC(=O)CNC(=O)c1sc2ccccc2c1Cl)C(=O)NCc1ccc(F)cc1. The summed E-state index contributed by atoms with van der Waals surface area (Å²) in [6, 6.07) is 13.0. The number of amides is 2. The number of carbonyl (C=O) groups excluding carboxylic acids is 3. The van der Waals surface area contributed by atoms with Gasteiger partial charge in [0, 0.05) is 16.6 Å². The van der Waals surface area contributed by atoms with Gasteiger partial charge < -0.3 is 15.4 Å². The fraction of sp³-hybridized carbons (Fsp3) is 0.190. The molecular formula is C21H18ClFN2O4S. The zero-order valence-electron chi connectivity index (χ0n) is 15.9. The molecule has 0 aliphatic carbocycles. The lowest BCUT2D eigenvalue weighted by molar-refractivity contribution is -0.153. The summed E-state index contributed by atoms with van der Waals surface area (Å²) in [7, 11) is 0. The fourth-order valence-electron chi connectivity index (χ4n) is 2.62. The molecule has 0 aliphatic heterocycles. The lowest BCUT2D eigenvalue weighted by Gasteiger charge is -2.14. The molecule has 2 N–H and O–H groups in total. The first-order valence-corrected chi connectivity index (χ1v) is 10.2. The van der Waals surface area contributed by atoms with Crippen molar-refractivity contribution in [1.82, 2.24) is 10.6 Å². The summed E-state index contributed by atoms with van der Waals surface area (Å²) in [4.78, 5) is 36.7. The van der Waals surface area contributed by atoms with E-state index in [0.29, 0.717) is 15.5 Å². The Morgan fingerprint density at radius 3 is 2.50 bits per heavy atom. The van der Waals surface area contributed by atoms with Crippen molar-refractivity contribution in [3.63, 3.8) is 0 Å². The van der Waals surface area contributed by atoms with Gasteiger partial charge in [0.15, 0.2) is 6.10 Å². The summed E-state index contributed by atoms with van der Waals surface area (Å²) < 4.78 is 18.8. The molecule has 6 nitrogen and oxygen atoms in total. The number of hydrogen-bond donors (Lipinski definition) is 2. The van der Waals surface area contributed by atoms with Crippen molar-refractivity contribution in [3.05, 3.63) is 69.8 Å². The van der Waals surface area contributed by atoms with E-state index in [2.05, 4.69) is 10.6 Å². The van der Waals surface area contributed by atoms with Crippen molar-refractivity contribution in [2.24, 2.45) is 0 Å². The van der Waals surface area contributed by atoms with Gasteiger partial charge in [0.25, 0.3) is 11.8 Å². The Kier molecular flexibility index (Phi) is 7.02. The fourth-order valence-corrected chi connectivity index (χ4v) is 4.05. The van der Waals surface area contributed by atoms with Gasteiger partial charge in [-0.3, -0.25) is 14.4 Å². The lowest BCUT2D eigenvalue weighted by Crippen LogP contribution is -2.38. The van der Waals surface area contributed by atoms with Crippen molar-refractivity contribution in [2.75, 3.05) is 6.54 Å². The van der Waals surface area contributed by atoms with Crippen LogP contribution in [-0.2, 0) is 20.9 Å². The Balaban J connectivity index is 1.47. The number of benzene rings is 2. The van der Waals surface area contributed by atoms with Crippen LogP contribution >= 0.6 is 22.9 Å². The Labute approximate surface area is 181 Å². The van der Waals surface area contributed by atoms with Gasteiger partial charge >= 0.3 is 5.97 Å². The van der Waals surface area contributed by atoms with E-state index >= 15 is 0 Å². The van der Waals surface area contributed by atoms with E-state index < -0.39 is 30.4 Å². The average molecular weight is 449 g/mol. The summed E-state index contributed by atoms with van der Waals surface area (Å²) in [5, 5.41) is 6.14. The number of rotatable bonds is 7. The highest BCUT2D eigenvalue weighted by Crippen LogP contribution is 2.34. The molecule has 0 radical (unpaired) electrons. The minimum Gasteiger partial charge on any atom is -0.451 e. The molecule has 3 rings (SSSR count). The Hall–Kier alpha value is -2.97. The van der Waals surface area contributed by atoms with Crippen molar-refractivity contribution in [3.8, 4) is 0 Å². The molecule has 9 heteroatoms. The summed E-state index contributed by atoms with van der Waals surface area (Å²) >= 11 is 7.47. The number of hydrogen-bond acceptors (Lipinski definition) is 5. The maximum absolute atomic E-state index is 12.9. The maximum Gasteiger partial charge on any atom is 0.326 e. The summed E-state index contributed by atoms with van der Waals surface area (Å²) in [5.74, 6) is -2.13. The molecular weight excluding hydrogens is 431 g/mol. The van der Waals surface area contributed by atoms with Gasteiger partial charge in [-0.15, -0.1) is 11.3 Å². The Morgan fingerprint density at radius 2 is 1.80 bits per heavy atom. The third-order valence-electron chi connectivity index (χ3n) is 4.19. The van der Waals surface area contributed by atoms with E-state index in [1.807, 2.05) is 24.3 Å². The Bertz CT molecular complexity index is 1080. The molecule has 1 unspecified atom stereocenters. The van der Waals surface area contributed by atoms with E-state index in [-0.39, 0.29) is 12.4 Å². The first kappa shape index (κ1) is 21.7. The van der Waals surface area contributed by atoms with Crippen LogP contribution in [0.15, 0.2) is 48.5 Å². The van der Waals surface area contributed by atoms with E-state index in [1.54, 1.807) is 12.1 Å². The third-order valence-corrected chi connectivity index (χ3v) is 5.87. The molecule has 0 aliphatic rings. The van der Waals surface area contributed by atoms with Gasteiger partial charge in [0.05, 0.1) is 5.02 Å². The quantitative estimate of drug-likeness (QED) is 0.540. The number of fused-ring (bicyclic) bond motifs is 1. The van der Waals surface area contributed by atoms with E-state index in [9.17, 15) is 18.8 Å². The average Bonchev–Trinajstić information content (AvgIpc) is 3.08. The first-order valence-electron chi connectivity index (χ1n) is 9.02. The third kappa shape index (κ3) is 5.34. The van der Waals surface area contributed by atoms with Gasteiger partial charge in [-0.25, -0.2) is 4.39 Å². The molecule has 0 bridgehead atoms. The zero-order valence-corrected chi connectivity index (χ0v) is 17.5. The second-order valence-electron chi connectivity index (χ2n) is 6.40. The largest absolute Gasteiger partial charge is 0.451 e. The molecule has 3 aromatic rings. The monoisotopic (exact) mass is 448 g/mol. The minimum atomic E-state index is -1.05. The van der Waals surface area contributed by atoms with Crippen LogP contribution in [0.5, 0.6) is 0 Å². The molecule has 1 atom stereocenters. The molecule has 0 spiro atoms. The second-order valence-corrected chi connectivity index (χ2v) is 7.83. The predicted octanol–water partition coefficient (Wildman–Crippen LogP) is 3.67. The molecule has 30 heavy (non-hydrogen) atoms. The molecule has 0 saturated carbocycles. The summed E-state index contributed by atoms with van der Waals surface area (Å²) in [5.41, 5.74) is 0.704. The van der Waals surface area contributed by atoms with Crippen LogP contribution in [0, 0.1) is 5.82 Å². The van der Waals surface area contributed by atoms with Gasteiger partial charge in [-0.2, -0.15) is 0 Å². The highest BCUT2D eigenvalue weighted by Gasteiger charge is 2.20. The number of ether oxygens (including phenoxy) is 1. The van der Waals surface area contributed by atoms with Crippen molar-refractivity contribution >= 4 is 50.8 Å². The number of carbonyl (C=O) groups is 3. The molecule has 0 saturated heterocycles. The number of halogens is 2. The van der Waals surface area contributed by atoms with E-state index in [0.717, 1.165) is 10.1 Å². The van der Waals surface area contributed by atoms with Crippen molar-refractivity contribution in [2.45, 2.75) is 19.6 Å². The molecule has 0 fully saturated rings.